The maximum Gasteiger partial charge on any atom is 0.295 e. The van der Waals surface area contributed by atoms with E-state index >= 15 is 0 Å². The van der Waals surface area contributed by atoms with E-state index in [0.717, 1.165) is 4.47 Å². The molecule has 0 bridgehead atoms. The van der Waals surface area contributed by atoms with Crippen LogP contribution in [0.4, 0.5) is 0 Å². The lowest BCUT2D eigenvalue weighted by atomic mass is 9.94. The summed E-state index contributed by atoms with van der Waals surface area (Å²) in [5.41, 5.74) is 1.05. The second kappa shape index (κ2) is 7.44. The molecular formula is C20H18BrNO5. The van der Waals surface area contributed by atoms with E-state index in [-0.39, 0.29) is 11.3 Å². The molecule has 0 saturated carbocycles. The average Bonchev–Trinajstić information content (AvgIpc) is 2.91. The molecule has 2 aromatic rings. The molecule has 27 heavy (non-hydrogen) atoms. The Balaban J connectivity index is 2.20. The van der Waals surface area contributed by atoms with Crippen LogP contribution in [0.15, 0.2) is 52.5 Å². The lowest BCUT2D eigenvalue weighted by molar-refractivity contribution is -0.139. The van der Waals surface area contributed by atoms with Crippen molar-refractivity contribution in [3.8, 4) is 11.5 Å². The van der Waals surface area contributed by atoms with Crippen LogP contribution in [0, 0.1) is 0 Å². The Bertz CT molecular complexity index is 936. The van der Waals surface area contributed by atoms with Crippen LogP contribution in [0.5, 0.6) is 11.5 Å². The molecule has 2 aromatic carbocycles. The highest BCUT2D eigenvalue weighted by Gasteiger charge is 2.45. The number of likely N-dealkylation sites (tertiary alicyclic amines) is 1. The molecule has 1 atom stereocenters. The van der Waals surface area contributed by atoms with E-state index in [1.54, 1.807) is 42.5 Å². The van der Waals surface area contributed by atoms with E-state index in [2.05, 4.69) is 15.9 Å². The molecule has 0 aliphatic carbocycles. The Morgan fingerprint density at radius 2 is 1.74 bits per heavy atom. The van der Waals surface area contributed by atoms with Gasteiger partial charge >= 0.3 is 0 Å². The number of ketones is 1. The number of carbonyl (C=O) groups is 2. The maximum absolute atomic E-state index is 12.6. The van der Waals surface area contributed by atoms with Crippen LogP contribution in [0.3, 0.4) is 0 Å². The number of likely N-dealkylation sites (N-methyl/N-ethyl adjacent to an activating group) is 1. The maximum atomic E-state index is 12.6. The van der Waals surface area contributed by atoms with Gasteiger partial charge in [0.15, 0.2) is 0 Å². The van der Waals surface area contributed by atoms with Crippen molar-refractivity contribution in [3.63, 3.8) is 0 Å². The third-order valence-electron chi connectivity index (χ3n) is 4.53. The van der Waals surface area contributed by atoms with Crippen LogP contribution in [-0.2, 0) is 9.59 Å². The Kier molecular flexibility index (Phi) is 5.23. The van der Waals surface area contributed by atoms with Crippen LogP contribution in [0.1, 0.15) is 17.2 Å². The third-order valence-corrected chi connectivity index (χ3v) is 5.06. The van der Waals surface area contributed by atoms with Gasteiger partial charge in [0, 0.05) is 28.7 Å². The number of ether oxygens (including phenoxy) is 2. The van der Waals surface area contributed by atoms with E-state index in [1.165, 1.54) is 26.2 Å². The van der Waals surface area contributed by atoms with Crippen molar-refractivity contribution in [2.45, 2.75) is 6.04 Å². The van der Waals surface area contributed by atoms with Gasteiger partial charge in [0.05, 0.1) is 25.8 Å². The van der Waals surface area contributed by atoms with Gasteiger partial charge in [-0.3, -0.25) is 9.59 Å². The number of benzene rings is 2. The number of methoxy groups -OCH3 is 2. The highest BCUT2D eigenvalue weighted by molar-refractivity contribution is 9.10. The van der Waals surface area contributed by atoms with Crippen molar-refractivity contribution in [2.24, 2.45) is 0 Å². The van der Waals surface area contributed by atoms with Crippen molar-refractivity contribution >= 4 is 33.4 Å². The fourth-order valence-corrected chi connectivity index (χ4v) is 3.38. The largest absolute Gasteiger partial charge is 0.507 e. The average molecular weight is 432 g/mol. The molecule has 1 heterocycles. The minimum absolute atomic E-state index is 0.0216. The molecule has 0 aromatic heterocycles. The van der Waals surface area contributed by atoms with Gasteiger partial charge < -0.3 is 19.5 Å². The first kappa shape index (κ1) is 19.0. The molecule has 7 heteroatoms. The van der Waals surface area contributed by atoms with Gasteiger partial charge in [-0.05, 0) is 24.3 Å². The summed E-state index contributed by atoms with van der Waals surface area (Å²) in [5, 5.41) is 10.8. The number of rotatable bonds is 4. The number of hydrogen-bond donors (Lipinski definition) is 1. The summed E-state index contributed by atoms with van der Waals surface area (Å²) in [4.78, 5) is 26.3. The molecule has 1 aliphatic heterocycles. The van der Waals surface area contributed by atoms with Gasteiger partial charge in [-0.25, -0.2) is 0 Å². The fraction of sp³-hybridized carbons (Fsp3) is 0.200. The Labute approximate surface area is 165 Å². The van der Waals surface area contributed by atoms with Gasteiger partial charge in [0.1, 0.15) is 17.3 Å². The lowest BCUT2D eigenvalue weighted by Gasteiger charge is -2.23. The molecule has 3 rings (SSSR count). The molecule has 0 radical (unpaired) electrons. The molecule has 6 nitrogen and oxygen atoms in total. The number of hydrogen-bond acceptors (Lipinski definition) is 5. The Hall–Kier alpha value is -2.80. The summed E-state index contributed by atoms with van der Waals surface area (Å²) in [5.74, 6) is -0.614. The van der Waals surface area contributed by atoms with Crippen LogP contribution in [0.2, 0.25) is 0 Å². The number of amides is 1. The monoisotopic (exact) mass is 431 g/mol. The van der Waals surface area contributed by atoms with Crippen LogP contribution in [-0.4, -0.2) is 43.0 Å². The summed E-state index contributed by atoms with van der Waals surface area (Å²) in [6.45, 7) is 0. The minimum atomic E-state index is -0.769. The van der Waals surface area contributed by atoms with Gasteiger partial charge in [-0.2, -0.15) is 0 Å². The van der Waals surface area contributed by atoms with Crippen molar-refractivity contribution < 1.29 is 24.2 Å². The van der Waals surface area contributed by atoms with Gasteiger partial charge in [0.25, 0.3) is 11.7 Å². The number of halogens is 1. The van der Waals surface area contributed by atoms with Gasteiger partial charge in [0.2, 0.25) is 0 Å². The first-order valence-corrected chi connectivity index (χ1v) is 8.90. The van der Waals surface area contributed by atoms with E-state index in [1.807, 2.05) is 0 Å². The van der Waals surface area contributed by atoms with E-state index in [0.29, 0.717) is 22.6 Å². The van der Waals surface area contributed by atoms with Crippen LogP contribution < -0.4 is 9.47 Å². The zero-order valence-corrected chi connectivity index (χ0v) is 16.6. The molecule has 1 fully saturated rings. The number of aliphatic hydroxyl groups excluding tert-OH is 1. The first-order valence-electron chi connectivity index (χ1n) is 8.11. The highest BCUT2D eigenvalue weighted by Crippen LogP contribution is 2.42. The second-order valence-electron chi connectivity index (χ2n) is 6.02. The van der Waals surface area contributed by atoms with Crippen molar-refractivity contribution in [1.82, 2.24) is 4.90 Å². The molecule has 1 saturated heterocycles. The zero-order valence-electron chi connectivity index (χ0n) is 15.0. The summed E-state index contributed by atoms with van der Waals surface area (Å²) >= 11 is 3.33. The zero-order chi connectivity index (χ0) is 19.7. The molecule has 0 unspecified atom stereocenters. The lowest BCUT2D eigenvalue weighted by Crippen LogP contribution is -2.25. The van der Waals surface area contributed by atoms with E-state index in [9.17, 15) is 14.7 Å². The summed E-state index contributed by atoms with van der Waals surface area (Å²) in [6.07, 6.45) is 0. The quantitative estimate of drug-likeness (QED) is 0.455. The molecule has 140 valence electrons. The van der Waals surface area contributed by atoms with Crippen LogP contribution >= 0.6 is 15.9 Å². The van der Waals surface area contributed by atoms with Gasteiger partial charge in [-0.1, -0.05) is 28.1 Å². The van der Waals surface area contributed by atoms with Crippen molar-refractivity contribution in [3.05, 3.63) is 63.6 Å². The molecule has 0 spiro atoms. The molecule has 1 N–H and O–H groups in total. The second-order valence-corrected chi connectivity index (χ2v) is 6.94. The topological polar surface area (TPSA) is 76.1 Å². The highest BCUT2D eigenvalue weighted by atomic mass is 79.9. The number of Topliss-reactive ketones (excluding diaryl/α,β-unsaturated/α-hetero) is 1. The number of nitrogens with zero attached hydrogens (tertiary/aromatic N) is 1. The Morgan fingerprint density at radius 1 is 1.07 bits per heavy atom. The Morgan fingerprint density at radius 3 is 2.33 bits per heavy atom. The van der Waals surface area contributed by atoms with Crippen molar-refractivity contribution in [2.75, 3.05) is 21.3 Å². The SMILES string of the molecule is COc1ccc([C@H]2C(=C(O)c3ccc(Br)cc3)C(=O)C(=O)N2C)c(OC)c1. The summed E-state index contributed by atoms with van der Waals surface area (Å²) < 4.78 is 11.5. The summed E-state index contributed by atoms with van der Waals surface area (Å²) in [7, 11) is 4.55. The number of aliphatic hydroxyl groups is 1. The normalized spacial score (nSPS) is 18.7. The van der Waals surface area contributed by atoms with Crippen molar-refractivity contribution in [1.29, 1.82) is 0 Å². The molecule has 1 amide bonds. The minimum Gasteiger partial charge on any atom is -0.507 e. The fourth-order valence-electron chi connectivity index (χ4n) is 3.12. The number of carbonyl (C=O) groups excluding carboxylic acids is 2. The molecule has 1 aliphatic rings. The van der Waals surface area contributed by atoms with E-state index in [4.69, 9.17) is 9.47 Å². The molecular weight excluding hydrogens is 414 g/mol. The predicted octanol–water partition coefficient (Wildman–Crippen LogP) is 3.52. The predicted molar refractivity (Wildman–Crippen MR) is 104 cm³/mol. The smallest absolute Gasteiger partial charge is 0.295 e. The summed E-state index contributed by atoms with van der Waals surface area (Å²) in [6, 6.07) is 11.2. The first-order chi connectivity index (χ1) is 12.9. The van der Waals surface area contributed by atoms with E-state index < -0.39 is 17.7 Å². The standard InChI is InChI=1S/C20H18BrNO5/c1-22-17(14-9-8-13(26-2)10-15(14)27-3)16(19(24)20(22)25)18(23)11-4-6-12(21)7-5-11/h4-10,17,23H,1-3H3/t17-/m0/s1. The van der Waals surface area contributed by atoms with Crippen LogP contribution in [0.25, 0.3) is 5.76 Å². The third kappa shape index (κ3) is 3.30. The van der Waals surface area contributed by atoms with Gasteiger partial charge in [-0.15, -0.1) is 0 Å².